The van der Waals surface area contributed by atoms with E-state index in [1.165, 1.54) is 16.7 Å². The summed E-state index contributed by atoms with van der Waals surface area (Å²) in [5.74, 6) is -0.00988. The lowest BCUT2D eigenvalue weighted by molar-refractivity contribution is 0.0748. The van der Waals surface area contributed by atoms with Crippen LogP contribution in [0.2, 0.25) is 5.02 Å². The fourth-order valence-electron chi connectivity index (χ4n) is 4.89. The van der Waals surface area contributed by atoms with Crippen LogP contribution in [0.4, 0.5) is 5.69 Å². The zero-order chi connectivity index (χ0) is 24.7. The number of rotatable bonds is 4. The van der Waals surface area contributed by atoms with Crippen molar-refractivity contribution in [3.05, 3.63) is 92.9 Å². The van der Waals surface area contributed by atoms with Crippen LogP contribution in [0.25, 0.3) is 5.65 Å². The summed E-state index contributed by atoms with van der Waals surface area (Å²) in [5, 5.41) is 5.30. The maximum Gasteiger partial charge on any atom is 0.259 e. The van der Waals surface area contributed by atoms with Gasteiger partial charge in [-0.15, -0.1) is 0 Å². The summed E-state index contributed by atoms with van der Waals surface area (Å²) in [5.41, 5.74) is 9.26. The summed E-state index contributed by atoms with van der Waals surface area (Å²) >= 11 is 6.02. The Labute approximate surface area is 211 Å². The summed E-state index contributed by atoms with van der Waals surface area (Å²) in [4.78, 5) is 22.5. The van der Waals surface area contributed by atoms with Crippen LogP contribution in [-0.2, 0) is 6.42 Å². The number of benzene rings is 2. The highest BCUT2D eigenvalue weighted by molar-refractivity contribution is 6.30. The fraction of sp³-hybridized carbons (Fsp3) is 0.321. The van der Waals surface area contributed by atoms with E-state index in [2.05, 4.69) is 49.0 Å². The molecule has 0 unspecified atom stereocenters. The first-order valence-electron chi connectivity index (χ1n) is 12.0. The number of anilines is 1. The number of halogens is 1. The number of fused-ring (bicyclic) bond motifs is 1. The molecule has 180 valence electrons. The van der Waals surface area contributed by atoms with Gasteiger partial charge in [-0.2, -0.15) is 5.10 Å². The normalized spacial score (nSPS) is 14.1. The predicted octanol–water partition coefficient (Wildman–Crippen LogP) is 5.17. The first kappa shape index (κ1) is 23.4. The van der Waals surface area contributed by atoms with Crippen LogP contribution in [-0.4, -0.2) is 51.6 Å². The summed E-state index contributed by atoms with van der Waals surface area (Å²) in [6.07, 6.45) is 2.47. The lowest BCUT2D eigenvalue weighted by Crippen LogP contribution is -2.48. The molecule has 0 bridgehead atoms. The van der Waals surface area contributed by atoms with Crippen LogP contribution in [0.5, 0.6) is 0 Å². The Bertz CT molecular complexity index is 1400. The van der Waals surface area contributed by atoms with Gasteiger partial charge in [-0.3, -0.25) is 4.79 Å². The molecule has 6 nitrogen and oxygen atoms in total. The van der Waals surface area contributed by atoms with Crippen LogP contribution in [0.3, 0.4) is 0 Å². The molecule has 4 aromatic rings. The molecule has 1 aliphatic heterocycles. The van der Waals surface area contributed by atoms with Gasteiger partial charge in [0.25, 0.3) is 5.91 Å². The van der Waals surface area contributed by atoms with Crippen molar-refractivity contribution in [2.24, 2.45) is 0 Å². The Kier molecular flexibility index (Phi) is 6.24. The van der Waals surface area contributed by atoms with E-state index in [1.807, 2.05) is 40.6 Å². The van der Waals surface area contributed by atoms with Gasteiger partial charge in [0.2, 0.25) is 0 Å². The van der Waals surface area contributed by atoms with Gasteiger partial charge in [-0.1, -0.05) is 35.4 Å². The number of carbonyl (C=O) groups excluding carboxylic acids is 1. The maximum absolute atomic E-state index is 13.4. The molecule has 7 heteroatoms. The molecule has 1 aliphatic rings. The zero-order valence-electron chi connectivity index (χ0n) is 20.7. The lowest BCUT2D eigenvalue weighted by Gasteiger charge is -2.36. The fourth-order valence-corrected chi connectivity index (χ4v) is 5.01. The van der Waals surface area contributed by atoms with E-state index in [-0.39, 0.29) is 5.91 Å². The number of nitrogens with zero attached hydrogens (tertiary/aromatic N) is 5. The quantitative estimate of drug-likeness (QED) is 0.398. The van der Waals surface area contributed by atoms with E-state index in [0.29, 0.717) is 24.3 Å². The molecule has 5 rings (SSSR count). The highest BCUT2D eigenvalue weighted by Gasteiger charge is 2.26. The Morgan fingerprint density at radius 2 is 1.69 bits per heavy atom. The molecule has 0 radical (unpaired) electrons. The van der Waals surface area contributed by atoms with Crippen LogP contribution in [0.1, 0.15) is 44.0 Å². The van der Waals surface area contributed by atoms with E-state index in [1.54, 1.807) is 6.20 Å². The lowest BCUT2D eigenvalue weighted by atomic mass is 9.97. The molecule has 0 spiro atoms. The van der Waals surface area contributed by atoms with Crippen molar-refractivity contribution in [2.75, 3.05) is 31.1 Å². The van der Waals surface area contributed by atoms with Gasteiger partial charge in [-0.05, 0) is 68.7 Å². The van der Waals surface area contributed by atoms with Gasteiger partial charge < -0.3 is 9.80 Å². The molecule has 1 saturated heterocycles. The first-order valence-corrected chi connectivity index (χ1v) is 12.4. The molecule has 0 aliphatic carbocycles. The summed E-state index contributed by atoms with van der Waals surface area (Å²) in [6.45, 7) is 11.2. The number of aryl methyl sites for hydroxylation is 4. The van der Waals surface area contributed by atoms with Gasteiger partial charge in [0.15, 0.2) is 5.65 Å². The number of amides is 1. The van der Waals surface area contributed by atoms with E-state index in [4.69, 9.17) is 16.6 Å². The molecule has 1 fully saturated rings. The predicted molar refractivity (Wildman–Crippen MR) is 141 cm³/mol. The smallest absolute Gasteiger partial charge is 0.259 e. The van der Waals surface area contributed by atoms with E-state index in [0.717, 1.165) is 47.2 Å². The molecular formula is C28H30ClN5O. The van der Waals surface area contributed by atoms with Crippen molar-refractivity contribution in [3.63, 3.8) is 0 Å². The Hall–Kier alpha value is -3.38. The van der Waals surface area contributed by atoms with E-state index >= 15 is 0 Å². The zero-order valence-corrected chi connectivity index (χ0v) is 21.4. The van der Waals surface area contributed by atoms with E-state index < -0.39 is 0 Å². The second-order valence-corrected chi connectivity index (χ2v) is 9.85. The van der Waals surface area contributed by atoms with Crippen molar-refractivity contribution < 1.29 is 4.79 Å². The van der Waals surface area contributed by atoms with Crippen LogP contribution in [0, 0.1) is 27.7 Å². The van der Waals surface area contributed by atoms with Crippen molar-refractivity contribution in [1.82, 2.24) is 19.5 Å². The van der Waals surface area contributed by atoms with E-state index in [9.17, 15) is 4.79 Å². The van der Waals surface area contributed by atoms with Crippen molar-refractivity contribution >= 4 is 28.8 Å². The van der Waals surface area contributed by atoms with Crippen molar-refractivity contribution in [2.45, 2.75) is 34.1 Å². The molecule has 2 aromatic carbocycles. The Balaban J connectivity index is 1.37. The van der Waals surface area contributed by atoms with Gasteiger partial charge in [-0.25, -0.2) is 9.50 Å². The summed E-state index contributed by atoms with van der Waals surface area (Å²) in [7, 11) is 0. The largest absolute Gasteiger partial charge is 0.368 e. The molecular weight excluding hydrogens is 458 g/mol. The van der Waals surface area contributed by atoms with Crippen molar-refractivity contribution in [1.29, 1.82) is 0 Å². The minimum Gasteiger partial charge on any atom is -0.368 e. The summed E-state index contributed by atoms with van der Waals surface area (Å²) < 4.78 is 1.82. The van der Waals surface area contributed by atoms with Gasteiger partial charge in [0.1, 0.15) is 5.56 Å². The molecule has 0 atom stereocenters. The molecule has 2 aromatic heterocycles. The third-order valence-electron chi connectivity index (χ3n) is 7.07. The molecule has 35 heavy (non-hydrogen) atoms. The molecule has 1 amide bonds. The van der Waals surface area contributed by atoms with Crippen LogP contribution in [0.15, 0.2) is 48.7 Å². The van der Waals surface area contributed by atoms with Crippen LogP contribution >= 0.6 is 11.6 Å². The standard InChI is InChI=1S/C28H30ClN5O/c1-18-5-6-19(2)22(15-18)16-25-20(3)31-27-26(17-30-34(27)21(25)4)28(35)33-13-11-32(12-14-33)24-9-7-23(29)8-10-24/h5-10,15,17H,11-14,16H2,1-4H3. The SMILES string of the molecule is Cc1ccc(C)c(Cc2c(C)nc3c(C(=O)N4CCN(c5ccc(Cl)cc5)CC4)cnn3c2C)c1. The van der Waals surface area contributed by atoms with Crippen LogP contribution < -0.4 is 4.90 Å². The molecule has 0 N–H and O–H groups in total. The Morgan fingerprint density at radius 1 is 0.971 bits per heavy atom. The first-order chi connectivity index (χ1) is 16.8. The topological polar surface area (TPSA) is 53.7 Å². The average molecular weight is 488 g/mol. The molecule has 3 heterocycles. The Morgan fingerprint density at radius 3 is 2.40 bits per heavy atom. The number of piperazine rings is 1. The van der Waals surface area contributed by atoms with Gasteiger partial charge in [0, 0.05) is 54.7 Å². The van der Waals surface area contributed by atoms with Crippen molar-refractivity contribution in [3.8, 4) is 0 Å². The highest BCUT2D eigenvalue weighted by Crippen LogP contribution is 2.24. The third kappa shape index (κ3) is 4.50. The number of carbonyl (C=O) groups is 1. The van der Waals surface area contributed by atoms with Gasteiger partial charge in [0.05, 0.1) is 6.20 Å². The van der Waals surface area contributed by atoms with Gasteiger partial charge >= 0.3 is 0 Å². The molecule has 0 saturated carbocycles. The highest BCUT2D eigenvalue weighted by atomic mass is 35.5. The maximum atomic E-state index is 13.4. The minimum absolute atomic E-state index is 0.00988. The third-order valence-corrected chi connectivity index (χ3v) is 7.32. The second-order valence-electron chi connectivity index (χ2n) is 9.42. The average Bonchev–Trinajstić information content (AvgIpc) is 3.28. The monoisotopic (exact) mass is 487 g/mol. The minimum atomic E-state index is -0.00988. The number of hydrogen-bond donors (Lipinski definition) is 0. The number of aromatic nitrogens is 3. The summed E-state index contributed by atoms with van der Waals surface area (Å²) in [6, 6.07) is 14.4. The second kappa shape index (κ2) is 9.34. The number of hydrogen-bond acceptors (Lipinski definition) is 4.